The van der Waals surface area contributed by atoms with Gasteiger partial charge in [-0.15, -0.1) is 0 Å². The van der Waals surface area contributed by atoms with Gasteiger partial charge in [0.2, 0.25) is 0 Å². The third-order valence-corrected chi connectivity index (χ3v) is 4.07. The summed E-state index contributed by atoms with van der Waals surface area (Å²) in [7, 11) is 0. The Hall–Kier alpha value is -2.89. The van der Waals surface area contributed by atoms with Crippen molar-refractivity contribution in [3.63, 3.8) is 0 Å². The first-order valence-electron chi connectivity index (χ1n) is 7.16. The summed E-state index contributed by atoms with van der Waals surface area (Å²) >= 11 is 0. The molecule has 3 heterocycles. The Kier molecular flexibility index (Phi) is 2.82. The molecule has 2 N–H and O–H groups in total. The maximum atomic E-state index is 12.5. The Bertz CT molecular complexity index is 905. The molecule has 0 atom stereocenters. The number of rotatable bonds is 1. The Morgan fingerprint density at radius 3 is 2.86 bits per heavy atom. The van der Waals surface area contributed by atoms with Gasteiger partial charge in [0.25, 0.3) is 11.5 Å². The predicted octanol–water partition coefficient (Wildman–Crippen LogP) is 1.45. The Morgan fingerprint density at radius 2 is 2.05 bits per heavy atom. The summed E-state index contributed by atoms with van der Waals surface area (Å²) in [6, 6.07) is 10.9. The molecule has 0 aliphatic carbocycles. The van der Waals surface area contributed by atoms with E-state index >= 15 is 0 Å². The van der Waals surface area contributed by atoms with E-state index in [9.17, 15) is 9.59 Å². The van der Waals surface area contributed by atoms with Crippen LogP contribution in [0.1, 0.15) is 21.7 Å². The minimum Gasteiger partial charge on any atom is -0.358 e. The van der Waals surface area contributed by atoms with Crippen LogP contribution >= 0.6 is 0 Å². The molecule has 6 heteroatoms. The zero-order valence-corrected chi connectivity index (χ0v) is 11.8. The van der Waals surface area contributed by atoms with E-state index in [2.05, 4.69) is 21.2 Å². The van der Waals surface area contributed by atoms with Crippen LogP contribution in [0.4, 0.5) is 0 Å². The molecule has 1 aliphatic heterocycles. The molecule has 1 aromatic carbocycles. The fraction of sp³-hybridized carbons (Fsp3) is 0.188. The van der Waals surface area contributed by atoms with E-state index in [1.807, 2.05) is 18.2 Å². The Morgan fingerprint density at radius 1 is 1.18 bits per heavy atom. The molecule has 0 unspecified atom stereocenters. The molecular weight excluding hydrogens is 280 g/mol. The normalized spacial score (nSPS) is 14.1. The smallest absolute Gasteiger partial charge is 0.274 e. The van der Waals surface area contributed by atoms with Crippen LogP contribution < -0.4 is 5.56 Å². The third kappa shape index (κ3) is 2.00. The molecule has 3 aromatic rings. The van der Waals surface area contributed by atoms with Crippen molar-refractivity contribution in [3.05, 3.63) is 63.7 Å². The van der Waals surface area contributed by atoms with Gasteiger partial charge in [-0.3, -0.25) is 9.59 Å². The number of carbonyl (C=O) groups excluding carboxylic acids is 1. The van der Waals surface area contributed by atoms with E-state index in [0.717, 1.165) is 17.3 Å². The molecule has 1 amide bonds. The van der Waals surface area contributed by atoms with Gasteiger partial charge < -0.3 is 9.88 Å². The fourth-order valence-corrected chi connectivity index (χ4v) is 2.97. The van der Waals surface area contributed by atoms with Crippen LogP contribution in [-0.2, 0) is 13.0 Å². The maximum Gasteiger partial charge on any atom is 0.274 e. The molecule has 0 radical (unpaired) electrons. The van der Waals surface area contributed by atoms with Crippen molar-refractivity contribution in [3.8, 4) is 0 Å². The summed E-state index contributed by atoms with van der Waals surface area (Å²) in [4.78, 5) is 28.7. The maximum absolute atomic E-state index is 12.5. The number of hydrogen-bond donors (Lipinski definition) is 2. The summed E-state index contributed by atoms with van der Waals surface area (Å²) in [5.41, 5.74) is 3.42. The van der Waals surface area contributed by atoms with E-state index < -0.39 is 0 Å². The van der Waals surface area contributed by atoms with Crippen molar-refractivity contribution in [2.24, 2.45) is 0 Å². The second-order valence-corrected chi connectivity index (χ2v) is 5.41. The van der Waals surface area contributed by atoms with Crippen LogP contribution in [-0.4, -0.2) is 32.5 Å². The average molecular weight is 294 g/mol. The minimum atomic E-state index is -0.311. The van der Waals surface area contributed by atoms with Crippen LogP contribution in [0.15, 0.2) is 41.2 Å². The zero-order chi connectivity index (χ0) is 15.1. The number of aromatic amines is 2. The number of fused-ring (bicyclic) bond motifs is 3. The fourth-order valence-electron chi connectivity index (χ4n) is 2.97. The molecule has 0 bridgehead atoms. The summed E-state index contributed by atoms with van der Waals surface area (Å²) < 4.78 is 0. The van der Waals surface area contributed by atoms with Crippen molar-refractivity contribution in [2.75, 3.05) is 6.54 Å². The van der Waals surface area contributed by atoms with Crippen molar-refractivity contribution in [1.82, 2.24) is 20.1 Å². The molecule has 1 aliphatic rings. The number of H-pyrrole nitrogens is 2. The number of nitrogens with one attached hydrogen (secondary N) is 2. The lowest BCUT2D eigenvalue weighted by molar-refractivity contribution is 0.0728. The van der Waals surface area contributed by atoms with E-state index in [0.29, 0.717) is 13.1 Å². The summed E-state index contributed by atoms with van der Waals surface area (Å²) in [6.07, 6.45) is 0.791. The van der Waals surface area contributed by atoms with E-state index in [1.165, 1.54) is 23.4 Å². The Balaban J connectivity index is 1.67. The van der Waals surface area contributed by atoms with Crippen molar-refractivity contribution in [2.45, 2.75) is 13.0 Å². The van der Waals surface area contributed by atoms with Crippen LogP contribution in [0, 0.1) is 0 Å². The quantitative estimate of drug-likeness (QED) is 0.712. The lowest BCUT2D eigenvalue weighted by Crippen LogP contribution is -2.36. The molecule has 0 saturated heterocycles. The van der Waals surface area contributed by atoms with Gasteiger partial charge in [-0.2, -0.15) is 5.10 Å². The largest absolute Gasteiger partial charge is 0.358 e. The van der Waals surface area contributed by atoms with Gasteiger partial charge >= 0.3 is 0 Å². The standard InChI is InChI=1S/C16H14N4O2/c21-15-6-5-14(18-19-15)16(22)20-8-7-13-11(9-20)10-3-1-2-4-12(10)17-13/h1-6,17H,7-9H2,(H,19,21). The number of benzene rings is 1. The van der Waals surface area contributed by atoms with E-state index in [-0.39, 0.29) is 17.2 Å². The predicted molar refractivity (Wildman–Crippen MR) is 81.6 cm³/mol. The van der Waals surface area contributed by atoms with E-state index in [1.54, 1.807) is 4.90 Å². The molecule has 6 nitrogen and oxygen atoms in total. The number of hydrogen-bond acceptors (Lipinski definition) is 3. The van der Waals surface area contributed by atoms with Crippen molar-refractivity contribution < 1.29 is 4.79 Å². The lowest BCUT2D eigenvalue weighted by Gasteiger charge is -2.26. The van der Waals surface area contributed by atoms with Gasteiger partial charge in [0.15, 0.2) is 0 Å². The van der Waals surface area contributed by atoms with Gasteiger partial charge in [0.05, 0.1) is 0 Å². The molecule has 2 aromatic heterocycles. The number of para-hydroxylation sites is 1. The van der Waals surface area contributed by atoms with Crippen molar-refractivity contribution in [1.29, 1.82) is 0 Å². The number of amides is 1. The Labute approximate surface area is 125 Å². The van der Waals surface area contributed by atoms with Crippen LogP contribution in [0.25, 0.3) is 10.9 Å². The molecule has 110 valence electrons. The highest BCUT2D eigenvalue weighted by atomic mass is 16.2. The number of carbonyl (C=O) groups is 1. The van der Waals surface area contributed by atoms with Crippen LogP contribution in [0.2, 0.25) is 0 Å². The highest BCUT2D eigenvalue weighted by Crippen LogP contribution is 2.27. The second kappa shape index (κ2) is 4.84. The van der Waals surface area contributed by atoms with Gasteiger partial charge in [-0.1, -0.05) is 18.2 Å². The van der Waals surface area contributed by atoms with Gasteiger partial charge in [-0.25, -0.2) is 5.10 Å². The molecule has 0 fully saturated rings. The monoisotopic (exact) mass is 294 g/mol. The molecule has 4 rings (SSSR count). The third-order valence-electron chi connectivity index (χ3n) is 4.07. The van der Waals surface area contributed by atoms with E-state index in [4.69, 9.17) is 0 Å². The zero-order valence-electron chi connectivity index (χ0n) is 11.8. The van der Waals surface area contributed by atoms with Crippen molar-refractivity contribution >= 4 is 16.8 Å². The average Bonchev–Trinajstić information content (AvgIpc) is 2.92. The second-order valence-electron chi connectivity index (χ2n) is 5.41. The molecular formula is C16H14N4O2. The molecule has 0 spiro atoms. The first-order valence-corrected chi connectivity index (χ1v) is 7.16. The van der Waals surface area contributed by atoms with Gasteiger partial charge in [-0.05, 0) is 12.1 Å². The topological polar surface area (TPSA) is 81.8 Å². The summed E-state index contributed by atoms with van der Waals surface area (Å²) in [6.45, 7) is 1.19. The van der Waals surface area contributed by atoms with Gasteiger partial charge in [0.1, 0.15) is 5.69 Å². The summed E-state index contributed by atoms with van der Waals surface area (Å²) in [5, 5.41) is 7.28. The first-order chi connectivity index (χ1) is 10.7. The highest BCUT2D eigenvalue weighted by molar-refractivity contribution is 5.93. The number of nitrogens with zero attached hydrogens (tertiary/aromatic N) is 2. The first kappa shape index (κ1) is 12.8. The van der Waals surface area contributed by atoms with Gasteiger partial charge in [0, 0.05) is 47.7 Å². The summed E-state index contributed by atoms with van der Waals surface area (Å²) in [5.74, 6) is -0.160. The van der Waals surface area contributed by atoms with Crippen LogP contribution in [0.3, 0.4) is 0 Å². The molecule has 0 saturated carbocycles. The SMILES string of the molecule is O=C(c1ccc(=O)[nH]n1)N1CCc2[nH]c3ccccc3c2C1. The van der Waals surface area contributed by atoms with Crippen LogP contribution in [0.5, 0.6) is 0 Å². The lowest BCUT2D eigenvalue weighted by atomic mass is 10.0. The molecule has 22 heavy (non-hydrogen) atoms. The number of aromatic nitrogens is 3. The minimum absolute atomic E-state index is 0.160. The highest BCUT2D eigenvalue weighted by Gasteiger charge is 2.25.